The molecule has 0 saturated carbocycles. The minimum atomic E-state index is -1.81. The Balaban J connectivity index is 1.74. The first kappa shape index (κ1) is 21.9. The highest BCUT2D eigenvalue weighted by atomic mass is 35.5. The Bertz CT molecular complexity index is 1230. The monoisotopic (exact) mass is 459 g/mol. The summed E-state index contributed by atoms with van der Waals surface area (Å²) in [4.78, 5) is 3.88. The summed E-state index contributed by atoms with van der Waals surface area (Å²) in [6.45, 7) is 1.57. The number of hydrogen-bond acceptors (Lipinski definition) is 5. The van der Waals surface area contributed by atoms with Gasteiger partial charge >= 0.3 is 0 Å². The molecule has 7 nitrogen and oxygen atoms in total. The summed E-state index contributed by atoms with van der Waals surface area (Å²) in [5, 5.41) is 20.6. The molecule has 32 heavy (non-hydrogen) atoms. The molecule has 4 rings (SSSR count). The van der Waals surface area contributed by atoms with E-state index in [4.69, 9.17) is 16.3 Å². The van der Waals surface area contributed by atoms with E-state index in [0.717, 1.165) is 23.3 Å². The molecule has 10 heteroatoms. The van der Waals surface area contributed by atoms with Crippen LogP contribution in [0, 0.1) is 11.6 Å². The van der Waals surface area contributed by atoms with Crippen molar-refractivity contribution in [3.8, 4) is 16.9 Å². The lowest BCUT2D eigenvalue weighted by molar-refractivity contribution is -0.0368. The van der Waals surface area contributed by atoms with Gasteiger partial charge in [-0.2, -0.15) is 10.2 Å². The predicted molar refractivity (Wildman–Crippen MR) is 114 cm³/mol. The number of rotatable bonds is 7. The highest BCUT2D eigenvalue weighted by molar-refractivity contribution is 6.32. The summed E-state index contributed by atoms with van der Waals surface area (Å²) in [5.74, 6) is -1.09. The maximum absolute atomic E-state index is 14.7. The summed E-state index contributed by atoms with van der Waals surface area (Å²) < 4.78 is 36.4. The number of hydrogen-bond donors (Lipinski definition) is 1. The van der Waals surface area contributed by atoms with Crippen molar-refractivity contribution in [2.24, 2.45) is 0 Å². The molecule has 0 bridgehead atoms. The van der Waals surface area contributed by atoms with Crippen molar-refractivity contribution >= 4 is 11.6 Å². The van der Waals surface area contributed by atoms with Crippen molar-refractivity contribution in [3.05, 3.63) is 83.7 Å². The Kier molecular flexibility index (Phi) is 5.94. The Morgan fingerprint density at radius 2 is 1.97 bits per heavy atom. The van der Waals surface area contributed by atoms with Gasteiger partial charge in [-0.25, -0.2) is 18.4 Å². The van der Waals surface area contributed by atoms with Crippen LogP contribution >= 0.6 is 11.6 Å². The number of halogens is 3. The first-order chi connectivity index (χ1) is 15.3. The van der Waals surface area contributed by atoms with Crippen molar-refractivity contribution in [1.29, 1.82) is 0 Å². The third-order valence-corrected chi connectivity index (χ3v) is 5.75. The molecule has 1 N–H and O–H groups in total. The minimum absolute atomic E-state index is 0.0767. The van der Waals surface area contributed by atoms with Crippen LogP contribution in [-0.4, -0.2) is 36.8 Å². The molecule has 166 valence electrons. The first-order valence-corrected chi connectivity index (χ1v) is 10.1. The van der Waals surface area contributed by atoms with Gasteiger partial charge in [0.1, 0.15) is 35.6 Å². The molecular weight excluding hydrogens is 440 g/mol. The summed E-state index contributed by atoms with van der Waals surface area (Å²) in [6.07, 6.45) is 6.07. The zero-order chi connectivity index (χ0) is 22.9. The van der Waals surface area contributed by atoms with Crippen molar-refractivity contribution in [2.75, 3.05) is 7.11 Å². The molecule has 2 aromatic carbocycles. The van der Waals surface area contributed by atoms with E-state index in [1.54, 1.807) is 31.5 Å². The summed E-state index contributed by atoms with van der Waals surface area (Å²) in [7, 11) is 1.53. The SMILES string of the molecule is COc1cc(-c2cnn([C@H](C)[C@](O)(Cn3cncn3)c3ccc(F)cc3F)c2)ccc1Cl. The highest BCUT2D eigenvalue weighted by Crippen LogP contribution is 2.37. The van der Waals surface area contributed by atoms with Crippen LogP contribution < -0.4 is 4.74 Å². The molecule has 0 spiro atoms. The van der Waals surface area contributed by atoms with E-state index in [1.165, 1.54) is 35.2 Å². The lowest BCUT2D eigenvalue weighted by atomic mass is 9.86. The Labute approximate surface area is 187 Å². The van der Waals surface area contributed by atoms with Crippen LogP contribution in [0.25, 0.3) is 11.1 Å². The number of benzene rings is 2. The molecule has 0 radical (unpaired) electrons. The molecule has 0 fully saturated rings. The van der Waals surface area contributed by atoms with Gasteiger partial charge in [-0.05, 0) is 30.7 Å². The normalized spacial score (nSPS) is 14.2. The van der Waals surface area contributed by atoms with Gasteiger partial charge in [-0.15, -0.1) is 0 Å². The standard InChI is InChI=1S/C22H20ClF2N5O2/c1-14(30-10-16(9-27-30)15-3-6-19(23)21(7-15)32-2)22(31,11-29-13-26-12-28-29)18-5-4-17(24)8-20(18)25/h3-10,12-14,31H,11H2,1-2H3/t14-,22-/m1/s1. The third-order valence-electron chi connectivity index (χ3n) is 5.44. The average molecular weight is 460 g/mol. The quantitative estimate of drug-likeness (QED) is 0.447. The summed E-state index contributed by atoms with van der Waals surface area (Å²) in [6, 6.07) is 7.62. The van der Waals surface area contributed by atoms with Gasteiger partial charge in [0.2, 0.25) is 0 Å². The molecular formula is C22H20ClF2N5O2. The number of nitrogens with zero attached hydrogens (tertiary/aromatic N) is 5. The maximum Gasteiger partial charge on any atom is 0.138 e. The Morgan fingerprint density at radius 3 is 2.66 bits per heavy atom. The predicted octanol–water partition coefficient (Wildman–Crippen LogP) is 4.23. The second kappa shape index (κ2) is 8.68. The number of aliphatic hydroxyl groups is 1. The van der Waals surface area contributed by atoms with E-state index in [1.807, 2.05) is 6.07 Å². The van der Waals surface area contributed by atoms with Crippen molar-refractivity contribution < 1.29 is 18.6 Å². The van der Waals surface area contributed by atoms with Gasteiger partial charge in [-0.1, -0.05) is 23.7 Å². The second-order valence-electron chi connectivity index (χ2n) is 7.38. The fraction of sp³-hybridized carbons (Fsp3) is 0.227. The van der Waals surface area contributed by atoms with Gasteiger partial charge in [0.15, 0.2) is 0 Å². The van der Waals surface area contributed by atoms with E-state index in [2.05, 4.69) is 15.2 Å². The van der Waals surface area contributed by atoms with Gasteiger partial charge in [0.05, 0.1) is 30.9 Å². The fourth-order valence-corrected chi connectivity index (χ4v) is 3.80. The lowest BCUT2D eigenvalue weighted by Crippen LogP contribution is -2.40. The number of methoxy groups -OCH3 is 1. The van der Waals surface area contributed by atoms with Crippen molar-refractivity contribution in [3.63, 3.8) is 0 Å². The van der Waals surface area contributed by atoms with E-state index in [9.17, 15) is 13.9 Å². The van der Waals surface area contributed by atoms with E-state index < -0.39 is 23.3 Å². The van der Waals surface area contributed by atoms with Crippen LogP contribution in [0.5, 0.6) is 5.75 Å². The van der Waals surface area contributed by atoms with Crippen LogP contribution in [-0.2, 0) is 12.1 Å². The minimum Gasteiger partial charge on any atom is -0.495 e. The van der Waals surface area contributed by atoms with Gasteiger partial charge < -0.3 is 9.84 Å². The molecule has 0 unspecified atom stereocenters. The first-order valence-electron chi connectivity index (χ1n) is 9.70. The Morgan fingerprint density at radius 1 is 1.16 bits per heavy atom. The van der Waals surface area contributed by atoms with Gasteiger partial charge in [0.25, 0.3) is 0 Å². The van der Waals surface area contributed by atoms with E-state index in [-0.39, 0.29) is 12.1 Å². The second-order valence-corrected chi connectivity index (χ2v) is 7.78. The van der Waals surface area contributed by atoms with E-state index >= 15 is 0 Å². The molecule has 0 aliphatic heterocycles. The molecule has 2 atom stereocenters. The molecule has 0 amide bonds. The third kappa shape index (κ3) is 4.09. The molecule has 0 aliphatic rings. The summed E-state index contributed by atoms with van der Waals surface area (Å²) in [5.41, 5.74) is -0.342. The van der Waals surface area contributed by atoms with Crippen LogP contribution in [0.15, 0.2) is 61.4 Å². The maximum atomic E-state index is 14.7. The smallest absolute Gasteiger partial charge is 0.138 e. The molecule has 2 aromatic heterocycles. The van der Waals surface area contributed by atoms with Crippen molar-refractivity contribution in [2.45, 2.75) is 25.1 Å². The van der Waals surface area contributed by atoms with Gasteiger partial charge in [-0.3, -0.25) is 4.68 Å². The Hall–Kier alpha value is -3.30. The topological polar surface area (TPSA) is 78.0 Å². The van der Waals surface area contributed by atoms with Crippen LogP contribution in [0.4, 0.5) is 8.78 Å². The fourth-order valence-electron chi connectivity index (χ4n) is 3.60. The number of aromatic nitrogens is 5. The van der Waals surface area contributed by atoms with Crippen molar-refractivity contribution in [1.82, 2.24) is 24.5 Å². The largest absolute Gasteiger partial charge is 0.495 e. The number of ether oxygens (including phenoxy) is 1. The molecule has 0 aliphatic carbocycles. The lowest BCUT2D eigenvalue weighted by Gasteiger charge is -2.34. The van der Waals surface area contributed by atoms with Crippen LogP contribution in [0.1, 0.15) is 18.5 Å². The summed E-state index contributed by atoms with van der Waals surface area (Å²) >= 11 is 6.11. The molecule has 2 heterocycles. The molecule has 0 saturated heterocycles. The zero-order valence-corrected chi connectivity index (χ0v) is 18.0. The van der Waals surface area contributed by atoms with Crippen LogP contribution in [0.2, 0.25) is 5.02 Å². The molecule has 4 aromatic rings. The van der Waals surface area contributed by atoms with Crippen LogP contribution in [0.3, 0.4) is 0 Å². The van der Waals surface area contributed by atoms with E-state index in [0.29, 0.717) is 10.8 Å². The zero-order valence-electron chi connectivity index (χ0n) is 17.3. The average Bonchev–Trinajstić information content (AvgIpc) is 3.45. The highest BCUT2D eigenvalue weighted by Gasteiger charge is 2.40. The van der Waals surface area contributed by atoms with Gasteiger partial charge in [0, 0.05) is 23.4 Å².